The van der Waals surface area contributed by atoms with E-state index in [4.69, 9.17) is 9.47 Å². The fourth-order valence-corrected chi connectivity index (χ4v) is 13.7. The quantitative estimate of drug-likeness (QED) is 0.148. The molecule has 0 N–H and O–H groups in total. The lowest BCUT2D eigenvalue weighted by atomic mass is 9.79. The maximum atomic E-state index is 5.68. The Kier molecular flexibility index (Phi) is 10.2. The summed E-state index contributed by atoms with van der Waals surface area (Å²) in [6.07, 6.45) is 0. The van der Waals surface area contributed by atoms with Crippen molar-refractivity contribution in [3.05, 3.63) is 240 Å². The molecule has 14 rings (SSSR count). The number of hydrogen-bond acceptors (Lipinski definition) is 2. The van der Waals surface area contributed by atoms with Crippen molar-refractivity contribution in [1.29, 1.82) is 0 Å². The van der Waals surface area contributed by atoms with Crippen LogP contribution in [-0.4, -0.2) is 14.2 Å². The lowest BCUT2D eigenvalue weighted by molar-refractivity contribution is 0.411. The fourth-order valence-electron chi connectivity index (χ4n) is 13.7. The minimum absolute atomic E-state index is 0.217. The highest BCUT2D eigenvalue weighted by atomic mass is 16.5. The predicted octanol–water partition coefficient (Wildman–Crippen LogP) is 19.9. The highest BCUT2D eigenvalue weighted by molar-refractivity contribution is 6.23. The zero-order valence-electron chi connectivity index (χ0n) is 44.4. The van der Waals surface area contributed by atoms with Crippen LogP contribution in [0, 0.1) is 13.8 Å². The summed E-state index contributed by atoms with van der Waals surface area (Å²) < 4.78 is 11.4. The van der Waals surface area contributed by atoms with E-state index in [-0.39, 0.29) is 10.8 Å². The third kappa shape index (κ3) is 6.66. The first-order valence-electron chi connectivity index (χ1n) is 26.7. The first-order chi connectivity index (χ1) is 36.9. The molecule has 0 bridgehead atoms. The van der Waals surface area contributed by atoms with Crippen LogP contribution in [0.3, 0.4) is 0 Å². The van der Waals surface area contributed by atoms with Gasteiger partial charge in [-0.15, -0.1) is 0 Å². The SMILES string of the molecule is COc1ccc(-c2c3ccccc3c(-c3ccc4c(c3)C(C)(C)c3cc(-c5ccc6c(c5)C(C)(C)c5cc(-c7c8ccccc8c(-c8ccc(OC)c(C)c8)c8ccccc78)ccc5-6)ccc3-4)c3ccccc23)cc1C. The van der Waals surface area contributed by atoms with E-state index < -0.39 is 0 Å². The Morgan fingerprint density at radius 1 is 0.263 bits per heavy atom. The van der Waals surface area contributed by atoms with Gasteiger partial charge in [0.2, 0.25) is 0 Å². The molecule has 2 nitrogen and oxygen atoms in total. The number of ether oxygens (including phenoxy) is 2. The Hall–Kier alpha value is -8.72. The highest BCUT2D eigenvalue weighted by Crippen LogP contribution is 2.55. The topological polar surface area (TPSA) is 18.5 Å². The third-order valence-electron chi connectivity index (χ3n) is 17.5. The fraction of sp³-hybridized carbons (Fsp3) is 0.135. The van der Waals surface area contributed by atoms with Gasteiger partial charge in [-0.1, -0.05) is 185 Å². The van der Waals surface area contributed by atoms with Gasteiger partial charge in [-0.25, -0.2) is 0 Å². The highest BCUT2D eigenvalue weighted by Gasteiger charge is 2.38. The molecule has 0 amide bonds. The van der Waals surface area contributed by atoms with E-state index in [0.717, 1.165) is 22.6 Å². The molecule has 2 aliphatic rings. The number of hydrogen-bond donors (Lipinski definition) is 0. The van der Waals surface area contributed by atoms with Crippen molar-refractivity contribution in [3.8, 4) is 89.4 Å². The summed E-state index contributed by atoms with van der Waals surface area (Å²) in [5, 5.41) is 10.0. The molecule has 0 aromatic heterocycles. The van der Waals surface area contributed by atoms with Crippen molar-refractivity contribution >= 4 is 43.1 Å². The van der Waals surface area contributed by atoms with Crippen LogP contribution in [0.25, 0.3) is 121 Å². The molecule has 366 valence electrons. The van der Waals surface area contributed by atoms with E-state index >= 15 is 0 Å². The molecule has 12 aromatic rings. The van der Waals surface area contributed by atoms with Gasteiger partial charge in [-0.3, -0.25) is 0 Å². The van der Waals surface area contributed by atoms with E-state index in [1.807, 2.05) is 0 Å². The van der Waals surface area contributed by atoms with Gasteiger partial charge in [0.05, 0.1) is 14.2 Å². The summed E-state index contributed by atoms with van der Waals surface area (Å²) >= 11 is 0. The van der Waals surface area contributed by atoms with Gasteiger partial charge in [-0.2, -0.15) is 0 Å². The van der Waals surface area contributed by atoms with Crippen molar-refractivity contribution in [3.63, 3.8) is 0 Å². The lowest BCUT2D eigenvalue weighted by Gasteiger charge is -2.24. The lowest BCUT2D eigenvalue weighted by Crippen LogP contribution is -2.15. The van der Waals surface area contributed by atoms with Crippen molar-refractivity contribution in [1.82, 2.24) is 0 Å². The molecular weight excluding hydrogens is 921 g/mol. The van der Waals surface area contributed by atoms with Crippen LogP contribution in [-0.2, 0) is 10.8 Å². The van der Waals surface area contributed by atoms with Gasteiger partial charge < -0.3 is 9.47 Å². The van der Waals surface area contributed by atoms with Crippen LogP contribution in [0.15, 0.2) is 206 Å². The molecule has 0 fully saturated rings. The molecule has 0 radical (unpaired) electrons. The smallest absolute Gasteiger partial charge is 0.121 e. The molecule has 0 heterocycles. The molecule has 0 spiro atoms. The Bertz CT molecular complexity index is 4050. The van der Waals surface area contributed by atoms with Gasteiger partial charge in [0.25, 0.3) is 0 Å². The molecule has 0 atom stereocenters. The van der Waals surface area contributed by atoms with Crippen molar-refractivity contribution in [2.75, 3.05) is 14.2 Å². The first-order valence-corrected chi connectivity index (χ1v) is 26.7. The average molecular weight is 979 g/mol. The minimum Gasteiger partial charge on any atom is -0.496 e. The molecule has 0 saturated heterocycles. The van der Waals surface area contributed by atoms with Crippen LogP contribution in [0.1, 0.15) is 61.1 Å². The minimum atomic E-state index is -0.217. The largest absolute Gasteiger partial charge is 0.496 e. The van der Waals surface area contributed by atoms with Crippen LogP contribution >= 0.6 is 0 Å². The number of fused-ring (bicyclic) bond motifs is 10. The van der Waals surface area contributed by atoms with Crippen LogP contribution in [0.2, 0.25) is 0 Å². The van der Waals surface area contributed by atoms with Gasteiger partial charge in [0.15, 0.2) is 0 Å². The molecule has 0 aliphatic heterocycles. The number of rotatable bonds is 7. The number of methoxy groups -OCH3 is 2. The average Bonchev–Trinajstić information content (AvgIpc) is 3.90. The Balaban J connectivity index is 0.829. The zero-order valence-corrected chi connectivity index (χ0v) is 44.4. The second-order valence-electron chi connectivity index (χ2n) is 22.3. The molecule has 76 heavy (non-hydrogen) atoms. The summed E-state index contributed by atoms with van der Waals surface area (Å²) in [6.45, 7) is 13.9. The first kappa shape index (κ1) is 45.9. The van der Waals surface area contributed by atoms with Gasteiger partial charge in [-0.05, 0) is 217 Å². The van der Waals surface area contributed by atoms with Gasteiger partial charge in [0.1, 0.15) is 11.5 Å². The van der Waals surface area contributed by atoms with E-state index in [2.05, 4.69) is 248 Å². The zero-order chi connectivity index (χ0) is 51.8. The summed E-state index contributed by atoms with van der Waals surface area (Å²) in [4.78, 5) is 0. The van der Waals surface area contributed by atoms with Crippen molar-refractivity contribution in [2.45, 2.75) is 52.4 Å². The van der Waals surface area contributed by atoms with Crippen molar-refractivity contribution in [2.24, 2.45) is 0 Å². The summed E-state index contributed by atoms with van der Waals surface area (Å²) in [6, 6.07) is 77.8. The molecule has 2 heteroatoms. The maximum absolute atomic E-state index is 5.68. The Labute approximate surface area is 445 Å². The second kappa shape index (κ2) is 16.9. The molecule has 2 aliphatic carbocycles. The van der Waals surface area contributed by atoms with Crippen LogP contribution < -0.4 is 9.47 Å². The van der Waals surface area contributed by atoms with Crippen molar-refractivity contribution < 1.29 is 9.47 Å². The molecule has 0 saturated carbocycles. The van der Waals surface area contributed by atoms with Gasteiger partial charge >= 0.3 is 0 Å². The maximum Gasteiger partial charge on any atom is 0.121 e. The summed E-state index contributed by atoms with van der Waals surface area (Å²) in [5.41, 5.74) is 25.1. The molecule has 0 unspecified atom stereocenters. The van der Waals surface area contributed by atoms with E-state index in [0.29, 0.717) is 0 Å². The van der Waals surface area contributed by atoms with Gasteiger partial charge in [0, 0.05) is 10.8 Å². The molecular formula is C74H58O2. The predicted molar refractivity (Wildman–Crippen MR) is 321 cm³/mol. The van der Waals surface area contributed by atoms with E-state index in [1.165, 1.54) is 143 Å². The normalized spacial score (nSPS) is 13.7. The summed E-state index contributed by atoms with van der Waals surface area (Å²) in [5.74, 6) is 1.81. The van der Waals surface area contributed by atoms with Crippen LogP contribution in [0.5, 0.6) is 11.5 Å². The summed E-state index contributed by atoms with van der Waals surface area (Å²) in [7, 11) is 3.49. The molecule has 12 aromatic carbocycles. The third-order valence-corrected chi connectivity index (χ3v) is 17.5. The number of aryl methyl sites for hydroxylation is 2. The monoisotopic (exact) mass is 978 g/mol. The van der Waals surface area contributed by atoms with Crippen LogP contribution in [0.4, 0.5) is 0 Å². The Morgan fingerprint density at radius 3 is 0.737 bits per heavy atom. The Morgan fingerprint density at radius 2 is 0.487 bits per heavy atom. The van der Waals surface area contributed by atoms with E-state index in [9.17, 15) is 0 Å². The standard InChI is InChI=1S/C74H58O2/c1-43-37-47(29-35-67(43)75-7)69-55-17-9-13-21-59(55)71(60-22-14-10-18-56(60)69)49-27-33-53-51-31-25-45(39-63(51)73(3,4)65(53)41-49)46-26-32-52-54-34-28-50(42-66(54)74(5,6)64(52)40-46)72-61-23-15-11-19-57(61)70(58-20-12-16-24-62(58)72)48-30-36-68(76-8)44(2)38-48/h9-42H,1-8H3. The second-order valence-corrected chi connectivity index (χ2v) is 22.3. The van der Waals surface area contributed by atoms with E-state index in [1.54, 1.807) is 14.2 Å². The number of benzene rings is 12.